The third-order valence-corrected chi connectivity index (χ3v) is 5.80. The zero-order valence-electron chi connectivity index (χ0n) is 20.2. The Bertz CT molecular complexity index is 522. The maximum absolute atomic E-state index is 12.7. The average Bonchev–Trinajstić information content (AvgIpc) is 2.84. The molecule has 2 unspecified atom stereocenters. The smallest absolute Gasteiger partial charge is 0.236 e. The lowest BCUT2D eigenvalue weighted by molar-refractivity contribution is -0.186. The van der Waals surface area contributed by atoms with Crippen LogP contribution in [-0.2, 0) is 38.2 Å². The van der Waals surface area contributed by atoms with Gasteiger partial charge < -0.3 is 35.0 Å². The van der Waals surface area contributed by atoms with E-state index in [9.17, 15) is 14.4 Å². The molecule has 0 spiro atoms. The van der Waals surface area contributed by atoms with Gasteiger partial charge in [-0.05, 0) is 26.3 Å². The van der Waals surface area contributed by atoms with Gasteiger partial charge >= 0.3 is 0 Å². The Morgan fingerprint density at radius 3 is 2.29 bits per heavy atom. The summed E-state index contributed by atoms with van der Waals surface area (Å²) in [6.07, 6.45) is 2.58. The van der Waals surface area contributed by atoms with E-state index in [1.54, 1.807) is 4.90 Å². The van der Waals surface area contributed by atoms with E-state index in [4.69, 9.17) is 24.8 Å². The highest BCUT2D eigenvalue weighted by atomic mass is 32.2. The first kappa shape index (κ1) is 33.1. The monoisotopic (exact) mass is 527 g/mol. The quantitative estimate of drug-likeness (QED) is 0.0569. The van der Waals surface area contributed by atoms with Gasteiger partial charge in [-0.25, -0.2) is 9.56 Å². The van der Waals surface area contributed by atoms with E-state index in [-0.39, 0.29) is 24.7 Å². The topological polar surface area (TPSA) is 139 Å². The Kier molecular flexibility index (Phi) is 24.6. The van der Waals surface area contributed by atoms with Crippen molar-refractivity contribution in [3.8, 4) is 0 Å². The summed E-state index contributed by atoms with van der Waals surface area (Å²) >= 11 is 1.33. The molecule has 0 saturated heterocycles. The summed E-state index contributed by atoms with van der Waals surface area (Å²) in [6.45, 7) is 7.25. The Hall–Kier alpha value is -0.850. The molecular weight excluding hydrogens is 485 g/mol. The van der Waals surface area contributed by atoms with Crippen molar-refractivity contribution >= 4 is 39.3 Å². The van der Waals surface area contributed by atoms with E-state index >= 15 is 0 Å². The zero-order chi connectivity index (χ0) is 25.3. The molecule has 3 N–H and O–H groups in total. The van der Waals surface area contributed by atoms with Gasteiger partial charge in [-0.2, -0.15) is 0 Å². The van der Waals surface area contributed by atoms with Gasteiger partial charge in [0.25, 0.3) is 0 Å². The van der Waals surface area contributed by atoms with Gasteiger partial charge in [0.1, 0.15) is 6.29 Å². The molecular formula is C21H42N3O8PS. The maximum Gasteiger partial charge on any atom is 0.236 e. The van der Waals surface area contributed by atoms with E-state index in [1.165, 1.54) is 11.8 Å². The van der Waals surface area contributed by atoms with Crippen molar-refractivity contribution in [3.63, 3.8) is 0 Å². The van der Waals surface area contributed by atoms with Crippen molar-refractivity contribution in [1.29, 1.82) is 0 Å². The van der Waals surface area contributed by atoms with Crippen molar-refractivity contribution in [3.05, 3.63) is 0 Å². The number of ether oxygens (including phenoxy) is 3. The first-order valence-corrected chi connectivity index (χ1v) is 13.1. The number of rotatable bonds is 25. The second kappa shape index (κ2) is 25.2. The van der Waals surface area contributed by atoms with Crippen LogP contribution in [0.5, 0.6) is 0 Å². The maximum atomic E-state index is 12.7. The van der Waals surface area contributed by atoms with E-state index in [1.807, 2.05) is 16.4 Å². The average molecular weight is 528 g/mol. The van der Waals surface area contributed by atoms with Gasteiger partial charge in [-0.3, -0.25) is 9.59 Å². The summed E-state index contributed by atoms with van der Waals surface area (Å²) in [7, 11) is 1.97. The minimum absolute atomic E-state index is 0.113. The lowest BCUT2D eigenvalue weighted by Crippen LogP contribution is -2.40. The Balaban J connectivity index is 3.88. The van der Waals surface area contributed by atoms with Crippen molar-refractivity contribution in [1.82, 2.24) is 10.2 Å². The lowest BCUT2D eigenvalue weighted by Gasteiger charge is -2.25. The second-order valence-corrected chi connectivity index (χ2v) is 8.53. The summed E-state index contributed by atoms with van der Waals surface area (Å²) in [5, 5.41) is 2.33. The van der Waals surface area contributed by atoms with Gasteiger partial charge in [0, 0.05) is 60.9 Å². The van der Waals surface area contributed by atoms with Crippen molar-refractivity contribution in [2.75, 3.05) is 78.2 Å². The van der Waals surface area contributed by atoms with Crippen molar-refractivity contribution < 1.29 is 38.2 Å². The van der Waals surface area contributed by atoms with Gasteiger partial charge in [-0.15, -0.1) is 11.8 Å². The molecule has 0 radical (unpaired) electrons. The SMILES string of the molecule is CCN(CCC(=O)NCCCOCCOCCOCCCN)C(=O)C(CC=O)SCCOOP. The molecule has 2 atom stereocenters. The second-order valence-electron chi connectivity index (χ2n) is 7.03. The van der Waals surface area contributed by atoms with E-state index in [2.05, 4.69) is 9.99 Å². The molecule has 0 aromatic rings. The fraction of sp³-hybridized carbons (Fsp3) is 0.857. The molecule has 0 aromatic heterocycles. The third kappa shape index (κ3) is 19.5. The number of nitrogens with one attached hydrogen (secondary N) is 1. The highest BCUT2D eigenvalue weighted by molar-refractivity contribution is 8.00. The highest BCUT2D eigenvalue weighted by Crippen LogP contribution is 2.17. The minimum Gasteiger partial charge on any atom is -0.379 e. The third-order valence-electron chi connectivity index (χ3n) is 4.47. The summed E-state index contributed by atoms with van der Waals surface area (Å²) < 4.78 is 20.6. The Morgan fingerprint density at radius 2 is 1.71 bits per heavy atom. The molecule has 2 amide bonds. The van der Waals surface area contributed by atoms with Crippen LogP contribution in [0.3, 0.4) is 0 Å². The van der Waals surface area contributed by atoms with Crippen LogP contribution >= 0.6 is 21.2 Å². The number of hydrogen-bond donors (Lipinski definition) is 2. The van der Waals surface area contributed by atoms with Crippen LogP contribution < -0.4 is 11.1 Å². The molecule has 200 valence electrons. The molecule has 0 aromatic carbocycles. The van der Waals surface area contributed by atoms with Gasteiger partial charge in [0.15, 0.2) is 0 Å². The molecule has 0 aliphatic rings. The van der Waals surface area contributed by atoms with Crippen LogP contribution in [0.4, 0.5) is 0 Å². The fourth-order valence-corrected chi connectivity index (χ4v) is 3.73. The molecule has 0 heterocycles. The molecule has 0 rings (SSSR count). The molecule has 0 saturated carbocycles. The summed E-state index contributed by atoms with van der Waals surface area (Å²) in [5.74, 6) is 0.223. The highest BCUT2D eigenvalue weighted by Gasteiger charge is 2.24. The first-order chi connectivity index (χ1) is 16.6. The number of nitrogens with two attached hydrogens (primary N) is 1. The van der Waals surface area contributed by atoms with Crippen molar-refractivity contribution in [2.24, 2.45) is 5.73 Å². The van der Waals surface area contributed by atoms with Gasteiger partial charge in [0.05, 0.1) is 38.3 Å². The molecule has 0 aliphatic heterocycles. The molecule has 0 bridgehead atoms. The normalized spacial score (nSPS) is 11.9. The van der Waals surface area contributed by atoms with Crippen LogP contribution in [0.1, 0.15) is 32.6 Å². The number of nitrogens with zero attached hydrogens (tertiary/aromatic N) is 1. The van der Waals surface area contributed by atoms with E-state index in [0.717, 1.165) is 12.7 Å². The van der Waals surface area contributed by atoms with Crippen molar-refractivity contribution in [2.45, 2.75) is 37.9 Å². The molecule has 0 fully saturated rings. The van der Waals surface area contributed by atoms with Crippen LogP contribution in [-0.4, -0.2) is 106 Å². The van der Waals surface area contributed by atoms with Crippen LogP contribution in [0.25, 0.3) is 0 Å². The van der Waals surface area contributed by atoms with Crippen LogP contribution in [0.2, 0.25) is 0 Å². The number of carbonyl (C=O) groups is 3. The number of carbonyl (C=O) groups excluding carboxylic acids is 3. The predicted molar refractivity (Wildman–Crippen MR) is 134 cm³/mol. The lowest BCUT2D eigenvalue weighted by atomic mass is 10.2. The molecule has 11 nitrogen and oxygen atoms in total. The Labute approximate surface area is 209 Å². The van der Waals surface area contributed by atoms with Crippen LogP contribution in [0, 0.1) is 0 Å². The standard InChI is InChI=1S/C21H42N3O8PS/c1-2-24(21(27)19(6-10-25)34-18-17-31-32-33)9-5-20(26)23-8-4-12-29-14-16-30-15-13-28-11-3-7-22/h10,19H,2-9,11-18,22,33H2,1H3,(H,23,26). The van der Waals surface area contributed by atoms with Crippen LogP contribution in [0.15, 0.2) is 0 Å². The number of thioether (sulfide) groups is 1. The number of amides is 2. The first-order valence-electron chi connectivity index (χ1n) is 11.6. The summed E-state index contributed by atoms with van der Waals surface area (Å²) in [5.41, 5.74) is 5.38. The minimum atomic E-state index is -0.501. The zero-order valence-corrected chi connectivity index (χ0v) is 22.2. The largest absolute Gasteiger partial charge is 0.379 e. The van der Waals surface area contributed by atoms with Gasteiger partial charge in [-0.1, -0.05) is 0 Å². The van der Waals surface area contributed by atoms with Gasteiger partial charge in [0.2, 0.25) is 11.8 Å². The summed E-state index contributed by atoms with van der Waals surface area (Å²) in [4.78, 5) is 42.1. The summed E-state index contributed by atoms with van der Waals surface area (Å²) in [6, 6.07) is 0. The molecule has 13 heteroatoms. The van der Waals surface area contributed by atoms with E-state index in [0.29, 0.717) is 84.6 Å². The number of aldehydes is 1. The van der Waals surface area contributed by atoms with E-state index < -0.39 is 5.25 Å². The molecule has 34 heavy (non-hydrogen) atoms. The predicted octanol–water partition coefficient (Wildman–Crippen LogP) is 0.559. The fourth-order valence-electron chi connectivity index (χ4n) is 2.68. The molecule has 0 aliphatic carbocycles. The Morgan fingerprint density at radius 1 is 1.06 bits per heavy atom. The number of hydrogen-bond acceptors (Lipinski definition) is 10.